The van der Waals surface area contributed by atoms with Gasteiger partial charge in [-0.2, -0.15) is 0 Å². The van der Waals surface area contributed by atoms with Crippen molar-refractivity contribution in [3.63, 3.8) is 0 Å². The molecule has 0 amide bonds. The Morgan fingerprint density at radius 2 is 1.08 bits per heavy atom. The van der Waals surface area contributed by atoms with Crippen LogP contribution >= 0.6 is 11.3 Å². The molecule has 0 atom stereocenters. The highest BCUT2D eigenvalue weighted by Crippen LogP contribution is 2.46. The Hall–Kier alpha value is -6.75. The van der Waals surface area contributed by atoms with Gasteiger partial charge in [0.1, 0.15) is 5.82 Å². The van der Waals surface area contributed by atoms with Gasteiger partial charge in [0, 0.05) is 52.8 Å². The van der Waals surface area contributed by atoms with E-state index in [9.17, 15) is 0 Å². The molecule has 0 aliphatic heterocycles. The maximum Gasteiger partial charge on any atom is 0.138 e. The minimum Gasteiger partial charge on any atom is -0.309 e. The minimum absolute atomic E-state index is 0.909. The summed E-state index contributed by atoms with van der Waals surface area (Å²) in [6.45, 7) is 0. The number of pyridine rings is 1. The second kappa shape index (κ2) is 10.9. The molecule has 0 aliphatic carbocycles. The first-order chi connectivity index (χ1) is 26.3. The second-order valence-corrected chi connectivity index (χ2v) is 15.0. The van der Waals surface area contributed by atoms with Crippen molar-refractivity contribution in [1.29, 1.82) is 0 Å². The Morgan fingerprint density at radius 1 is 0.415 bits per heavy atom. The average Bonchev–Trinajstić information content (AvgIpc) is 3.87. The quantitative estimate of drug-likeness (QED) is 0.181. The largest absolute Gasteiger partial charge is 0.309 e. The number of hydrogen-bond donors (Lipinski definition) is 0. The average molecular weight is 692 g/mol. The van der Waals surface area contributed by atoms with Crippen molar-refractivity contribution in [3.8, 4) is 22.6 Å². The van der Waals surface area contributed by atoms with E-state index in [-0.39, 0.29) is 0 Å². The first-order valence-electron chi connectivity index (χ1n) is 18.1. The van der Waals surface area contributed by atoms with Crippen LogP contribution < -0.4 is 0 Å². The molecule has 0 saturated carbocycles. The zero-order valence-corrected chi connectivity index (χ0v) is 29.3. The molecule has 3 nitrogen and oxygen atoms in total. The lowest BCUT2D eigenvalue weighted by atomic mass is 10.0. The molecule has 0 saturated heterocycles. The monoisotopic (exact) mass is 691 g/mol. The summed E-state index contributed by atoms with van der Waals surface area (Å²) >= 11 is 1.90. The maximum atomic E-state index is 5.41. The zero-order valence-electron chi connectivity index (χ0n) is 28.5. The molecular weight excluding hydrogens is 663 g/mol. The summed E-state index contributed by atoms with van der Waals surface area (Å²) < 4.78 is 7.50. The lowest BCUT2D eigenvalue weighted by Crippen LogP contribution is -2.00. The van der Waals surface area contributed by atoms with Crippen molar-refractivity contribution < 1.29 is 0 Å². The summed E-state index contributed by atoms with van der Waals surface area (Å²) in [5, 5.41) is 11.3. The van der Waals surface area contributed by atoms with Crippen molar-refractivity contribution in [2.45, 2.75) is 0 Å². The Kier molecular flexibility index (Phi) is 5.93. The molecule has 0 fully saturated rings. The molecule has 0 aliphatic rings. The fourth-order valence-corrected chi connectivity index (χ4v) is 10.1. The van der Waals surface area contributed by atoms with Gasteiger partial charge in [0.2, 0.25) is 0 Å². The third-order valence-electron chi connectivity index (χ3n) is 11.1. The number of rotatable bonds is 3. The van der Waals surface area contributed by atoms with E-state index in [0.29, 0.717) is 0 Å². The molecule has 0 spiro atoms. The van der Waals surface area contributed by atoms with Crippen molar-refractivity contribution in [3.05, 3.63) is 176 Å². The number of nitrogens with zero attached hydrogens (tertiary/aromatic N) is 3. The first-order valence-corrected chi connectivity index (χ1v) is 18.9. The van der Waals surface area contributed by atoms with Gasteiger partial charge in [-0.1, -0.05) is 121 Å². The number of para-hydroxylation sites is 2. The van der Waals surface area contributed by atoms with Crippen LogP contribution in [0.4, 0.5) is 0 Å². The number of benzene rings is 8. The topological polar surface area (TPSA) is 22.8 Å². The van der Waals surface area contributed by atoms with Gasteiger partial charge in [0.15, 0.2) is 0 Å². The van der Waals surface area contributed by atoms with Crippen LogP contribution in [0.2, 0.25) is 0 Å². The van der Waals surface area contributed by atoms with E-state index in [4.69, 9.17) is 4.98 Å². The third kappa shape index (κ3) is 4.07. The Morgan fingerprint density at radius 3 is 1.94 bits per heavy atom. The standard InChI is InChI=1S/C49H29N3S/c1-3-13-30(14-4-1)37-28-46(50-40-21-11-9-19-34(37)40)52-41-25-23-31-15-7-8-18-33(31)47(41)38-27-39-43(29-44(38)52)51(32-16-5-2-6-17-32)42-26-24-36-35-20-10-12-22-45(35)53-49(36)48(39)42/h1-29H. The zero-order chi connectivity index (χ0) is 34.6. The number of hydrogen-bond acceptors (Lipinski definition) is 2. The lowest BCUT2D eigenvalue weighted by Gasteiger charge is -2.13. The predicted molar refractivity (Wildman–Crippen MR) is 226 cm³/mol. The van der Waals surface area contributed by atoms with Crippen molar-refractivity contribution in [2.75, 3.05) is 0 Å². The van der Waals surface area contributed by atoms with Crippen LogP contribution in [0.25, 0.3) is 108 Å². The first kappa shape index (κ1) is 28.9. The summed E-state index contributed by atoms with van der Waals surface area (Å²) in [6, 6.07) is 64.0. The van der Waals surface area contributed by atoms with Gasteiger partial charge in [-0.25, -0.2) is 4.98 Å². The van der Waals surface area contributed by atoms with E-state index < -0.39 is 0 Å². The molecule has 8 aromatic carbocycles. The highest BCUT2D eigenvalue weighted by Gasteiger charge is 2.23. The molecule has 0 radical (unpaired) electrons. The van der Waals surface area contributed by atoms with Crippen LogP contribution in [-0.4, -0.2) is 14.1 Å². The molecule has 4 heteroatoms. The Balaban J connectivity index is 1.29. The van der Waals surface area contributed by atoms with Crippen LogP contribution in [0, 0.1) is 0 Å². The SMILES string of the molecule is c1ccc(-c2cc(-n3c4cc5c(cc4c4c6ccccc6ccc43)c3c4sc6ccccc6c4ccc3n5-c3ccccc3)nc3ccccc23)cc1. The van der Waals surface area contributed by atoms with Crippen LogP contribution in [0.3, 0.4) is 0 Å². The van der Waals surface area contributed by atoms with Gasteiger partial charge in [0.05, 0.1) is 27.6 Å². The molecule has 53 heavy (non-hydrogen) atoms. The summed E-state index contributed by atoms with van der Waals surface area (Å²) in [5.41, 5.74) is 9.16. The highest BCUT2D eigenvalue weighted by molar-refractivity contribution is 7.26. The van der Waals surface area contributed by atoms with Gasteiger partial charge in [-0.05, 0) is 76.5 Å². The number of thiophene rings is 1. The fourth-order valence-electron chi connectivity index (χ4n) is 8.80. The molecule has 12 rings (SSSR count). The molecule has 0 bridgehead atoms. The van der Waals surface area contributed by atoms with Gasteiger partial charge in [-0.3, -0.25) is 4.57 Å². The molecule has 12 aromatic rings. The summed E-state index contributed by atoms with van der Waals surface area (Å²) in [7, 11) is 0. The van der Waals surface area contributed by atoms with E-state index in [1.165, 1.54) is 74.6 Å². The van der Waals surface area contributed by atoms with Crippen molar-refractivity contribution in [2.24, 2.45) is 0 Å². The minimum atomic E-state index is 0.909. The van der Waals surface area contributed by atoms with Gasteiger partial charge in [0.25, 0.3) is 0 Å². The van der Waals surface area contributed by atoms with E-state index in [0.717, 1.165) is 33.4 Å². The Labute approximate surface area is 308 Å². The molecule has 4 aromatic heterocycles. The van der Waals surface area contributed by atoms with Crippen molar-refractivity contribution in [1.82, 2.24) is 14.1 Å². The molecular formula is C49H29N3S. The summed E-state index contributed by atoms with van der Waals surface area (Å²) in [6.07, 6.45) is 0. The molecule has 0 unspecified atom stereocenters. The summed E-state index contributed by atoms with van der Waals surface area (Å²) in [5.74, 6) is 0.909. The predicted octanol–water partition coefficient (Wildman–Crippen LogP) is 13.6. The number of aromatic nitrogens is 3. The van der Waals surface area contributed by atoms with Gasteiger partial charge < -0.3 is 4.57 Å². The van der Waals surface area contributed by atoms with Gasteiger partial charge >= 0.3 is 0 Å². The van der Waals surface area contributed by atoms with E-state index in [1.807, 2.05) is 11.3 Å². The van der Waals surface area contributed by atoms with Crippen LogP contribution in [-0.2, 0) is 0 Å². The van der Waals surface area contributed by atoms with Crippen molar-refractivity contribution >= 4 is 96.8 Å². The van der Waals surface area contributed by atoms with E-state index >= 15 is 0 Å². The van der Waals surface area contributed by atoms with E-state index in [1.54, 1.807) is 0 Å². The lowest BCUT2D eigenvalue weighted by molar-refractivity contribution is 1.10. The van der Waals surface area contributed by atoms with Crippen LogP contribution in [0.5, 0.6) is 0 Å². The maximum absolute atomic E-state index is 5.41. The highest BCUT2D eigenvalue weighted by atomic mass is 32.1. The molecule has 0 N–H and O–H groups in total. The number of fused-ring (bicyclic) bond motifs is 13. The molecule has 246 valence electrons. The fraction of sp³-hybridized carbons (Fsp3) is 0. The molecule has 4 heterocycles. The smallest absolute Gasteiger partial charge is 0.138 e. The van der Waals surface area contributed by atoms with Crippen LogP contribution in [0.15, 0.2) is 176 Å². The van der Waals surface area contributed by atoms with Gasteiger partial charge in [-0.15, -0.1) is 11.3 Å². The van der Waals surface area contributed by atoms with Crippen LogP contribution in [0.1, 0.15) is 0 Å². The second-order valence-electron chi connectivity index (χ2n) is 13.9. The van der Waals surface area contributed by atoms with E-state index in [2.05, 4.69) is 185 Å². The summed E-state index contributed by atoms with van der Waals surface area (Å²) in [4.78, 5) is 5.41. The Bertz CT molecular complexity index is 3440. The third-order valence-corrected chi connectivity index (χ3v) is 12.3. The normalized spacial score (nSPS) is 12.2.